The van der Waals surface area contributed by atoms with Crippen molar-refractivity contribution in [3.8, 4) is 0 Å². The van der Waals surface area contributed by atoms with Crippen LogP contribution in [0.1, 0.15) is 12.8 Å². The maximum Gasteiger partial charge on any atom is 0.248 e. The maximum atomic E-state index is 13.9. The molecule has 2 fully saturated rings. The number of halogens is 1. The van der Waals surface area contributed by atoms with E-state index in [4.69, 9.17) is 15.2 Å². The van der Waals surface area contributed by atoms with Gasteiger partial charge in [0.05, 0.1) is 18.9 Å². The third-order valence-corrected chi connectivity index (χ3v) is 5.88. The standard InChI is InChI=1S/C13H17FN2O4S/c14-10-2-1-3-11(15)12(10)21(17,18)16-6-4-13(5-7-16)19-8-9-20-13/h1-3H,4-9,15H2. The molecule has 2 aliphatic rings. The highest BCUT2D eigenvalue weighted by Crippen LogP contribution is 2.34. The molecule has 0 bridgehead atoms. The minimum absolute atomic E-state index is 0.0800. The van der Waals surface area contributed by atoms with Gasteiger partial charge < -0.3 is 15.2 Å². The van der Waals surface area contributed by atoms with Gasteiger partial charge in [-0.2, -0.15) is 4.31 Å². The minimum atomic E-state index is -3.95. The summed E-state index contributed by atoms with van der Waals surface area (Å²) in [5.41, 5.74) is 5.55. The zero-order valence-electron chi connectivity index (χ0n) is 11.4. The lowest BCUT2D eigenvalue weighted by Gasteiger charge is -2.36. The van der Waals surface area contributed by atoms with Gasteiger partial charge in [0.15, 0.2) is 5.79 Å². The summed E-state index contributed by atoms with van der Waals surface area (Å²) in [5, 5.41) is 0. The van der Waals surface area contributed by atoms with Gasteiger partial charge in [0.25, 0.3) is 0 Å². The molecule has 21 heavy (non-hydrogen) atoms. The molecule has 0 radical (unpaired) electrons. The highest BCUT2D eigenvalue weighted by molar-refractivity contribution is 7.89. The van der Waals surface area contributed by atoms with Gasteiger partial charge in [-0.25, -0.2) is 12.8 Å². The quantitative estimate of drug-likeness (QED) is 0.821. The van der Waals surface area contributed by atoms with Crippen LogP contribution in [-0.4, -0.2) is 44.8 Å². The van der Waals surface area contributed by atoms with E-state index in [0.717, 1.165) is 6.07 Å². The van der Waals surface area contributed by atoms with E-state index in [1.54, 1.807) is 0 Å². The molecule has 1 spiro atoms. The second-order valence-corrected chi connectivity index (χ2v) is 7.04. The van der Waals surface area contributed by atoms with E-state index in [1.165, 1.54) is 16.4 Å². The number of rotatable bonds is 2. The summed E-state index contributed by atoms with van der Waals surface area (Å²) >= 11 is 0. The van der Waals surface area contributed by atoms with Crippen LogP contribution in [0.5, 0.6) is 0 Å². The topological polar surface area (TPSA) is 81.9 Å². The SMILES string of the molecule is Nc1cccc(F)c1S(=O)(=O)N1CCC2(CC1)OCCO2. The van der Waals surface area contributed by atoms with Crippen molar-refractivity contribution in [2.45, 2.75) is 23.5 Å². The molecule has 0 atom stereocenters. The number of benzene rings is 1. The van der Waals surface area contributed by atoms with Crippen molar-refractivity contribution in [2.24, 2.45) is 0 Å². The Balaban J connectivity index is 1.84. The second-order valence-electron chi connectivity index (χ2n) is 5.17. The number of nitrogens with two attached hydrogens (primary N) is 1. The van der Waals surface area contributed by atoms with Crippen LogP contribution in [0, 0.1) is 5.82 Å². The Morgan fingerprint density at radius 2 is 1.81 bits per heavy atom. The Labute approximate surface area is 122 Å². The number of ether oxygens (including phenoxy) is 2. The van der Waals surface area contributed by atoms with Crippen LogP contribution in [0.3, 0.4) is 0 Å². The molecule has 0 amide bonds. The van der Waals surface area contributed by atoms with Gasteiger partial charge in [-0.15, -0.1) is 0 Å². The highest BCUT2D eigenvalue weighted by atomic mass is 32.2. The average Bonchev–Trinajstić information content (AvgIpc) is 2.87. The summed E-state index contributed by atoms with van der Waals surface area (Å²) in [6.45, 7) is 1.48. The molecule has 6 nitrogen and oxygen atoms in total. The molecule has 0 unspecified atom stereocenters. The van der Waals surface area contributed by atoms with Gasteiger partial charge in [-0.05, 0) is 12.1 Å². The summed E-state index contributed by atoms with van der Waals surface area (Å²) in [7, 11) is -3.95. The molecule has 8 heteroatoms. The summed E-state index contributed by atoms with van der Waals surface area (Å²) in [4.78, 5) is -0.450. The van der Waals surface area contributed by atoms with Crippen LogP contribution in [-0.2, 0) is 19.5 Å². The van der Waals surface area contributed by atoms with Gasteiger partial charge in [-0.1, -0.05) is 6.07 Å². The van der Waals surface area contributed by atoms with Crippen LogP contribution in [0.25, 0.3) is 0 Å². The molecule has 0 aromatic heterocycles. The molecule has 2 heterocycles. The predicted octanol–water partition coefficient (Wildman–Crippen LogP) is 0.935. The number of anilines is 1. The van der Waals surface area contributed by atoms with Crippen LogP contribution >= 0.6 is 0 Å². The highest BCUT2D eigenvalue weighted by Gasteiger charge is 2.43. The first kappa shape index (κ1) is 14.7. The molecular formula is C13H17FN2O4S. The normalized spacial score (nSPS) is 22.7. The van der Waals surface area contributed by atoms with Gasteiger partial charge in [-0.3, -0.25) is 0 Å². The molecule has 116 valence electrons. The molecular weight excluding hydrogens is 299 g/mol. The summed E-state index contributed by atoms with van der Waals surface area (Å²) in [5.74, 6) is -1.50. The lowest BCUT2D eigenvalue weighted by Crippen LogP contribution is -2.47. The minimum Gasteiger partial charge on any atom is -0.398 e. The maximum absolute atomic E-state index is 13.9. The Morgan fingerprint density at radius 3 is 2.38 bits per heavy atom. The van der Waals surface area contributed by atoms with E-state index >= 15 is 0 Å². The Bertz CT molecular complexity index is 613. The summed E-state index contributed by atoms with van der Waals surface area (Å²) in [6.07, 6.45) is 0.862. The van der Waals surface area contributed by atoms with Crippen molar-refractivity contribution >= 4 is 15.7 Å². The van der Waals surface area contributed by atoms with Gasteiger partial charge in [0.1, 0.15) is 10.7 Å². The summed E-state index contributed by atoms with van der Waals surface area (Å²) in [6, 6.07) is 3.86. The molecule has 0 saturated carbocycles. The second kappa shape index (κ2) is 5.20. The van der Waals surface area contributed by atoms with Crippen LogP contribution in [0.2, 0.25) is 0 Å². The van der Waals surface area contributed by atoms with Crippen LogP contribution in [0.4, 0.5) is 10.1 Å². The fraction of sp³-hybridized carbons (Fsp3) is 0.538. The zero-order chi connectivity index (χ0) is 15.1. The number of hydrogen-bond acceptors (Lipinski definition) is 5. The largest absolute Gasteiger partial charge is 0.398 e. The number of sulfonamides is 1. The average molecular weight is 316 g/mol. The third-order valence-electron chi connectivity index (χ3n) is 3.89. The molecule has 1 aromatic carbocycles. The van der Waals surface area contributed by atoms with Crippen molar-refractivity contribution in [3.05, 3.63) is 24.0 Å². The number of nitrogen functional groups attached to an aromatic ring is 1. The van der Waals surface area contributed by atoms with E-state index in [-0.39, 0.29) is 18.8 Å². The van der Waals surface area contributed by atoms with Crippen molar-refractivity contribution in [1.82, 2.24) is 4.31 Å². The lowest BCUT2D eigenvalue weighted by molar-refractivity contribution is -0.179. The van der Waals surface area contributed by atoms with E-state index in [9.17, 15) is 12.8 Å². The van der Waals surface area contributed by atoms with Crippen molar-refractivity contribution < 1.29 is 22.3 Å². The monoisotopic (exact) mass is 316 g/mol. The molecule has 1 aromatic rings. The van der Waals surface area contributed by atoms with Crippen LogP contribution < -0.4 is 5.73 Å². The third kappa shape index (κ3) is 2.52. The first-order valence-corrected chi connectivity index (χ1v) is 8.21. The summed E-state index contributed by atoms with van der Waals surface area (Å²) < 4.78 is 51.3. The van der Waals surface area contributed by atoms with E-state index in [2.05, 4.69) is 0 Å². The Morgan fingerprint density at radius 1 is 1.19 bits per heavy atom. The fourth-order valence-electron chi connectivity index (χ4n) is 2.78. The van der Waals surface area contributed by atoms with Gasteiger partial charge in [0.2, 0.25) is 10.0 Å². The number of nitrogens with zero attached hydrogens (tertiary/aromatic N) is 1. The molecule has 2 saturated heterocycles. The first-order chi connectivity index (χ1) is 9.95. The Kier molecular flexibility index (Phi) is 3.64. The molecule has 2 aliphatic heterocycles. The smallest absolute Gasteiger partial charge is 0.248 e. The van der Waals surface area contributed by atoms with E-state index in [1.807, 2.05) is 0 Å². The van der Waals surface area contributed by atoms with Gasteiger partial charge in [0, 0.05) is 25.9 Å². The zero-order valence-corrected chi connectivity index (χ0v) is 12.2. The van der Waals surface area contributed by atoms with Crippen molar-refractivity contribution in [1.29, 1.82) is 0 Å². The van der Waals surface area contributed by atoms with Crippen molar-refractivity contribution in [2.75, 3.05) is 32.0 Å². The van der Waals surface area contributed by atoms with Gasteiger partial charge >= 0.3 is 0 Å². The number of hydrogen-bond donors (Lipinski definition) is 1. The predicted molar refractivity (Wildman–Crippen MR) is 73.4 cm³/mol. The molecule has 3 rings (SSSR count). The van der Waals surface area contributed by atoms with Crippen molar-refractivity contribution in [3.63, 3.8) is 0 Å². The Hall–Kier alpha value is -1.22. The number of piperidine rings is 1. The van der Waals surface area contributed by atoms with E-state index < -0.39 is 26.5 Å². The van der Waals surface area contributed by atoms with E-state index in [0.29, 0.717) is 26.1 Å². The molecule has 2 N–H and O–H groups in total. The lowest BCUT2D eigenvalue weighted by atomic mass is 10.1. The first-order valence-electron chi connectivity index (χ1n) is 6.77. The van der Waals surface area contributed by atoms with Crippen LogP contribution in [0.15, 0.2) is 23.1 Å². The fourth-order valence-corrected chi connectivity index (χ4v) is 4.38. The molecule has 0 aliphatic carbocycles.